The van der Waals surface area contributed by atoms with Gasteiger partial charge in [-0.2, -0.15) is 5.10 Å². The lowest BCUT2D eigenvalue weighted by Gasteiger charge is -2.03. The van der Waals surface area contributed by atoms with E-state index >= 15 is 0 Å². The first-order valence-corrected chi connectivity index (χ1v) is 10.3. The van der Waals surface area contributed by atoms with Crippen molar-refractivity contribution in [3.05, 3.63) is 70.9 Å². The lowest BCUT2D eigenvalue weighted by Crippen LogP contribution is -2.32. The standard InChI is InChI=1S/C21H15ClN6O2S/c1-12-7-8-14-10-15(17(22)24-16(14)9-12)11-23-26-19(30)18(29)25-21-28-27-20(31-21)13-5-3-2-4-6-13/h2-11H,1H3,(H,26,30)(H,25,28,29)/b23-11+. The Balaban J connectivity index is 1.38. The predicted molar refractivity (Wildman–Crippen MR) is 121 cm³/mol. The molecule has 0 aliphatic carbocycles. The van der Waals surface area contributed by atoms with E-state index in [4.69, 9.17) is 11.6 Å². The van der Waals surface area contributed by atoms with Crippen molar-refractivity contribution >= 4 is 57.0 Å². The summed E-state index contributed by atoms with van der Waals surface area (Å²) in [7, 11) is 0. The smallest absolute Gasteiger partial charge is 0.292 e. The van der Waals surface area contributed by atoms with Crippen molar-refractivity contribution < 1.29 is 9.59 Å². The molecule has 2 amide bonds. The van der Waals surface area contributed by atoms with Gasteiger partial charge in [-0.1, -0.05) is 65.4 Å². The van der Waals surface area contributed by atoms with Crippen LogP contribution in [0.15, 0.2) is 59.7 Å². The van der Waals surface area contributed by atoms with Gasteiger partial charge in [-0.3, -0.25) is 14.9 Å². The average Bonchev–Trinajstić information content (AvgIpc) is 3.23. The molecular formula is C21H15ClN6O2S. The van der Waals surface area contributed by atoms with E-state index in [0.717, 1.165) is 33.4 Å². The molecule has 31 heavy (non-hydrogen) atoms. The maximum absolute atomic E-state index is 12.1. The summed E-state index contributed by atoms with van der Waals surface area (Å²) in [5.41, 5.74) is 5.37. The highest BCUT2D eigenvalue weighted by Crippen LogP contribution is 2.25. The third-order valence-electron chi connectivity index (χ3n) is 4.20. The third-order valence-corrected chi connectivity index (χ3v) is 5.39. The number of hydrazone groups is 1. The number of aromatic nitrogens is 3. The molecule has 0 aliphatic heterocycles. The molecule has 2 aromatic carbocycles. The van der Waals surface area contributed by atoms with E-state index in [1.807, 2.05) is 55.5 Å². The molecule has 0 spiro atoms. The number of hydrogen-bond acceptors (Lipinski definition) is 7. The van der Waals surface area contributed by atoms with Crippen LogP contribution in [0.5, 0.6) is 0 Å². The van der Waals surface area contributed by atoms with Gasteiger partial charge in [0, 0.05) is 16.5 Å². The van der Waals surface area contributed by atoms with Gasteiger partial charge in [-0.25, -0.2) is 10.4 Å². The number of halogens is 1. The summed E-state index contributed by atoms with van der Waals surface area (Å²) in [6.45, 7) is 1.97. The summed E-state index contributed by atoms with van der Waals surface area (Å²) < 4.78 is 0. The van der Waals surface area contributed by atoms with Crippen LogP contribution in [0.4, 0.5) is 5.13 Å². The molecule has 2 aromatic heterocycles. The fourth-order valence-corrected chi connectivity index (χ4v) is 3.64. The van der Waals surface area contributed by atoms with Crippen LogP contribution in [-0.2, 0) is 9.59 Å². The number of nitrogens with zero attached hydrogens (tertiary/aromatic N) is 4. The predicted octanol–water partition coefficient (Wildman–Crippen LogP) is 3.80. The number of aryl methyl sites for hydroxylation is 1. The van der Waals surface area contributed by atoms with Crippen LogP contribution >= 0.6 is 22.9 Å². The van der Waals surface area contributed by atoms with Gasteiger partial charge < -0.3 is 0 Å². The van der Waals surface area contributed by atoms with E-state index in [9.17, 15) is 9.59 Å². The molecular weight excluding hydrogens is 436 g/mol. The quantitative estimate of drug-likeness (QED) is 0.213. The molecule has 0 bridgehead atoms. The number of carbonyl (C=O) groups is 2. The average molecular weight is 451 g/mol. The van der Waals surface area contributed by atoms with Crippen molar-refractivity contribution in [1.29, 1.82) is 0 Å². The first-order valence-electron chi connectivity index (χ1n) is 9.10. The monoisotopic (exact) mass is 450 g/mol. The Morgan fingerprint density at radius 1 is 1.06 bits per heavy atom. The second-order valence-electron chi connectivity index (χ2n) is 6.50. The zero-order valence-electron chi connectivity index (χ0n) is 16.2. The number of anilines is 1. The fourth-order valence-electron chi connectivity index (χ4n) is 2.70. The minimum atomic E-state index is -0.951. The van der Waals surface area contributed by atoms with Crippen molar-refractivity contribution in [2.75, 3.05) is 5.32 Å². The number of pyridine rings is 1. The number of amides is 2. The highest BCUT2D eigenvalue weighted by Gasteiger charge is 2.16. The van der Waals surface area contributed by atoms with Crippen molar-refractivity contribution in [2.45, 2.75) is 6.92 Å². The third kappa shape index (κ3) is 4.90. The minimum absolute atomic E-state index is 0.208. The van der Waals surface area contributed by atoms with E-state index in [0.29, 0.717) is 10.6 Å². The highest BCUT2D eigenvalue weighted by molar-refractivity contribution is 7.18. The van der Waals surface area contributed by atoms with Crippen molar-refractivity contribution in [3.8, 4) is 10.6 Å². The Labute approximate surface area is 186 Å². The number of benzene rings is 2. The molecule has 4 aromatic rings. The number of hydrogen-bond donors (Lipinski definition) is 2. The lowest BCUT2D eigenvalue weighted by molar-refractivity contribution is -0.136. The highest BCUT2D eigenvalue weighted by atomic mass is 35.5. The number of fused-ring (bicyclic) bond motifs is 1. The zero-order valence-corrected chi connectivity index (χ0v) is 17.7. The SMILES string of the molecule is Cc1ccc2cc(/C=N/NC(=O)C(=O)Nc3nnc(-c4ccccc4)s3)c(Cl)nc2c1. The van der Waals surface area contributed by atoms with E-state index in [2.05, 4.69) is 31.0 Å². The van der Waals surface area contributed by atoms with Crippen LogP contribution < -0.4 is 10.7 Å². The second-order valence-corrected chi connectivity index (χ2v) is 7.83. The number of nitrogens with one attached hydrogen (secondary N) is 2. The molecule has 2 heterocycles. The molecule has 0 radical (unpaired) electrons. The summed E-state index contributed by atoms with van der Waals surface area (Å²) in [5, 5.41) is 16.1. The Morgan fingerprint density at radius 2 is 1.87 bits per heavy atom. The zero-order chi connectivity index (χ0) is 21.8. The summed E-state index contributed by atoms with van der Waals surface area (Å²) >= 11 is 7.34. The second kappa shape index (κ2) is 8.99. The van der Waals surface area contributed by atoms with Crippen molar-refractivity contribution in [2.24, 2.45) is 5.10 Å². The molecule has 10 heteroatoms. The molecule has 2 N–H and O–H groups in total. The summed E-state index contributed by atoms with van der Waals surface area (Å²) in [6.07, 6.45) is 1.33. The number of rotatable bonds is 4. The van der Waals surface area contributed by atoms with E-state index in [1.165, 1.54) is 6.21 Å². The van der Waals surface area contributed by atoms with Crippen LogP contribution in [0.3, 0.4) is 0 Å². The van der Waals surface area contributed by atoms with Crippen molar-refractivity contribution in [1.82, 2.24) is 20.6 Å². The van der Waals surface area contributed by atoms with Crippen LogP contribution in [-0.4, -0.2) is 33.2 Å². The first kappa shape index (κ1) is 20.6. The van der Waals surface area contributed by atoms with Gasteiger partial charge in [0.05, 0.1) is 11.7 Å². The van der Waals surface area contributed by atoms with Gasteiger partial charge in [-0.05, 0) is 24.6 Å². The molecule has 8 nitrogen and oxygen atoms in total. The van der Waals surface area contributed by atoms with Crippen LogP contribution in [0.1, 0.15) is 11.1 Å². The molecule has 4 rings (SSSR count). The summed E-state index contributed by atoms with van der Waals surface area (Å²) in [6, 6.07) is 17.0. The lowest BCUT2D eigenvalue weighted by atomic mass is 10.1. The maximum Gasteiger partial charge on any atom is 0.329 e. The largest absolute Gasteiger partial charge is 0.329 e. The summed E-state index contributed by atoms with van der Waals surface area (Å²) in [4.78, 5) is 28.4. The van der Waals surface area contributed by atoms with Gasteiger partial charge in [0.1, 0.15) is 10.2 Å². The fraction of sp³-hybridized carbons (Fsp3) is 0.0476. The van der Waals surface area contributed by atoms with E-state index < -0.39 is 11.8 Å². The van der Waals surface area contributed by atoms with Crippen molar-refractivity contribution in [3.63, 3.8) is 0 Å². The number of carbonyl (C=O) groups excluding carboxylic acids is 2. The van der Waals surface area contributed by atoms with E-state index in [1.54, 1.807) is 6.07 Å². The van der Waals surface area contributed by atoms with Gasteiger partial charge in [0.15, 0.2) is 0 Å². The molecule has 154 valence electrons. The van der Waals surface area contributed by atoms with Crippen LogP contribution in [0.25, 0.3) is 21.5 Å². The Hall–Kier alpha value is -3.69. The molecule has 0 atom stereocenters. The normalized spacial score (nSPS) is 11.0. The summed E-state index contributed by atoms with van der Waals surface area (Å²) in [5.74, 6) is -1.86. The minimum Gasteiger partial charge on any atom is -0.292 e. The molecule has 0 unspecified atom stereocenters. The first-order chi connectivity index (χ1) is 15.0. The molecule has 0 fully saturated rings. The molecule has 0 aliphatic rings. The van der Waals surface area contributed by atoms with Gasteiger partial charge in [-0.15, -0.1) is 10.2 Å². The molecule has 0 saturated carbocycles. The Morgan fingerprint density at radius 3 is 2.68 bits per heavy atom. The van der Waals surface area contributed by atoms with Gasteiger partial charge in [0.25, 0.3) is 0 Å². The molecule has 0 saturated heterocycles. The maximum atomic E-state index is 12.1. The Kier molecular flexibility index (Phi) is 5.96. The van der Waals surface area contributed by atoms with Gasteiger partial charge in [0.2, 0.25) is 5.13 Å². The van der Waals surface area contributed by atoms with Crippen LogP contribution in [0.2, 0.25) is 5.15 Å². The van der Waals surface area contributed by atoms with Crippen LogP contribution in [0, 0.1) is 6.92 Å². The van der Waals surface area contributed by atoms with Gasteiger partial charge >= 0.3 is 11.8 Å². The van der Waals surface area contributed by atoms with E-state index in [-0.39, 0.29) is 10.3 Å². The topological polar surface area (TPSA) is 109 Å². The Bertz CT molecular complexity index is 1310.